The Morgan fingerprint density at radius 3 is 2.50 bits per heavy atom. The van der Waals surface area contributed by atoms with Gasteiger partial charge in [-0.3, -0.25) is 14.5 Å². The zero-order chi connectivity index (χ0) is 30.1. The number of amides is 2. The largest absolute Gasteiger partial charge is 0.338 e. The van der Waals surface area contributed by atoms with E-state index in [0.717, 1.165) is 73.5 Å². The van der Waals surface area contributed by atoms with Gasteiger partial charge in [-0.25, -0.2) is 0 Å². The molecule has 5 nitrogen and oxygen atoms in total. The average Bonchev–Trinajstić information content (AvgIpc) is 3.70. The van der Waals surface area contributed by atoms with Crippen molar-refractivity contribution in [1.29, 1.82) is 0 Å². The van der Waals surface area contributed by atoms with Gasteiger partial charge in [-0.1, -0.05) is 44.2 Å². The summed E-state index contributed by atoms with van der Waals surface area (Å²) in [4.78, 5) is 34.1. The zero-order valence-corrected chi connectivity index (χ0v) is 26.9. The lowest BCUT2D eigenvalue weighted by atomic mass is 9.45. The van der Waals surface area contributed by atoms with Crippen LogP contribution in [0.3, 0.4) is 0 Å². The van der Waals surface area contributed by atoms with E-state index in [0.29, 0.717) is 29.0 Å². The minimum Gasteiger partial charge on any atom is -0.338 e. The topological polar surface area (TPSA) is 43.9 Å². The van der Waals surface area contributed by atoms with E-state index in [1.165, 1.54) is 51.4 Å². The molecule has 2 heterocycles. The molecule has 0 aromatic heterocycles. The van der Waals surface area contributed by atoms with Crippen LogP contribution in [0.25, 0.3) is 10.8 Å². The van der Waals surface area contributed by atoms with Gasteiger partial charge < -0.3 is 9.80 Å². The SMILES string of the molecule is C[C@@]12[CH]CC[C@H]1[C@@H]1CCC3C[CH][C@@H](N4CCN(C(=O)[C@@H]5CCCN5C(=O)c5ccc6ccccc6c5)CC4)C[C@]3(C)[C@H]1CC2. The average molecular weight is 594 g/mol. The molecule has 2 aliphatic heterocycles. The van der Waals surface area contributed by atoms with E-state index >= 15 is 0 Å². The number of piperazine rings is 1. The molecule has 0 N–H and O–H groups in total. The molecule has 44 heavy (non-hydrogen) atoms. The van der Waals surface area contributed by atoms with Crippen LogP contribution in [-0.2, 0) is 4.79 Å². The van der Waals surface area contributed by atoms with Gasteiger partial charge in [0.05, 0.1) is 0 Å². The Labute approximate surface area is 264 Å². The molecule has 234 valence electrons. The number of rotatable bonds is 3. The maximum atomic E-state index is 13.9. The molecule has 2 amide bonds. The maximum absolute atomic E-state index is 13.9. The van der Waals surface area contributed by atoms with E-state index < -0.39 is 0 Å². The van der Waals surface area contributed by atoms with Crippen molar-refractivity contribution in [2.45, 2.75) is 90.1 Å². The molecule has 8 rings (SSSR count). The normalized spacial score (nSPS) is 39.1. The highest BCUT2D eigenvalue weighted by molar-refractivity contribution is 6.01. The van der Waals surface area contributed by atoms with Crippen molar-refractivity contribution < 1.29 is 9.59 Å². The minimum atomic E-state index is -0.328. The van der Waals surface area contributed by atoms with E-state index in [1.807, 2.05) is 41.3 Å². The molecule has 6 fully saturated rings. The van der Waals surface area contributed by atoms with Gasteiger partial charge in [-0.15, -0.1) is 0 Å². The number of carbonyl (C=O) groups is 2. The summed E-state index contributed by atoms with van der Waals surface area (Å²) in [7, 11) is 0. The summed E-state index contributed by atoms with van der Waals surface area (Å²) in [6.07, 6.45) is 18.0. The van der Waals surface area contributed by atoms with Gasteiger partial charge in [0.15, 0.2) is 0 Å². The van der Waals surface area contributed by atoms with Crippen LogP contribution in [-0.4, -0.2) is 71.3 Å². The fraction of sp³-hybridized carbons (Fsp3) is 0.641. The highest BCUT2D eigenvalue weighted by Gasteiger charge is 2.58. The number of hydrogen-bond donors (Lipinski definition) is 0. The van der Waals surface area contributed by atoms with Gasteiger partial charge in [0.1, 0.15) is 6.04 Å². The van der Waals surface area contributed by atoms with E-state index in [9.17, 15) is 9.59 Å². The van der Waals surface area contributed by atoms with Gasteiger partial charge in [-0.05, 0) is 134 Å². The van der Waals surface area contributed by atoms with E-state index in [1.54, 1.807) is 0 Å². The first-order valence-corrected chi connectivity index (χ1v) is 17.8. The molecule has 4 saturated carbocycles. The van der Waals surface area contributed by atoms with E-state index in [2.05, 4.69) is 42.6 Å². The first-order chi connectivity index (χ1) is 21.3. The number of likely N-dealkylation sites (tertiary alicyclic amines) is 1. The molecule has 0 bridgehead atoms. The molecule has 4 aliphatic carbocycles. The summed E-state index contributed by atoms with van der Waals surface area (Å²) in [5.74, 6) is 3.73. The van der Waals surface area contributed by atoms with E-state index in [4.69, 9.17) is 0 Å². The highest BCUT2D eigenvalue weighted by atomic mass is 16.2. The molecule has 8 atom stereocenters. The summed E-state index contributed by atoms with van der Waals surface area (Å²) in [6, 6.07) is 14.3. The third kappa shape index (κ3) is 4.74. The fourth-order valence-electron chi connectivity index (χ4n) is 11.4. The Bertz CT molecular complexity index is 1420. The van der Waals surface area contributed by atoms with Gasteiger partial charge in [-0.2, -0.15) is 0 Å². The number of benzene rings is 2. The first kappa shape index (κ1) is 29.0. The minimum absolute atomic E-state index is 0.00542. The van der Waals surface area contributed by atoms with Crippen molar-refractivity contribution in [2.75, 3.05) is 32.7 Å². The molecular formula is C39H51N3O2. The number of fused-ring (bicyclic) bond motifs is 6. The third-order valence-electron chi connectivity index (χ3n) is 13.8. The number of carbonyl (C=O) groups excluding carboxylic acids is 2. The molecule has 2 aromatic carbocycles. The Kier molecular flexibility index (Phi) is 7.35. The van der Waals surface area contributed by atoms with Crippen LogP contribution in [0.15, 0.2) is 42.5 Å². The third-order valence-corrected chi connectivity index (χ3v) is 13.8. The van der Waals surface area contributed by atoms with Crippen LogP contribution < -0.4 is 0 Å². The van der Waals surface area contributed by atoms with Crippen LogP contribution in [0, 0.1) is 47.3 Å². The summed E-state index contributed by atoms with van der Waals surface area (Å²) < 4.78 is 0. The summed E-state index contributed by atoms with van der Waals surface area (Å²) in [5, 5.41) is 2.20. The van der Waals surface area contributed by atoms with Crippen LogP contribution >= 0.6 is 0 Å². The van der Waals surface area contributed by atoms with Gasteiger partial charge in [0.25, 0.3) is 5.91 Å². The molecule has 2 aromatic rings. The fourth-order valence-corrected chi connectivity index (χ4v) is 11.4. The number of hydrogen-bond acceptors (Lipinski definition) is 3. The van der Waals surface area contributed by atoms with Crippen LogP contribution in [0.4, 0.5) is 0 Å². The van der Waals surface area contributed by atoms with Gasteiger partial charge >= 0.3 is 0 Å². The van der Waals surface area contributed by atoms with Crippen LogP contribution in [0.5, 0.6) is 0 Å². The van der Waals surface area contributed by atoms with Crippen molar-refractivity contribution >= 4 is 22.6 Å². The predicted octanol–water partition coefficient (Wildman–Crippen LogP) is 7.02. The second-order valence-corrected chi connectivity index (χ2v) is 15.8. The molecule has 2 radical (unpaired) electrons. The molecular weight excluding hydrogens is 542 g/mol. The summed E-state index contributed by atoms with van der Waals surface area (Å²) >= 11 is 0. The lowest BCUT2D eigenvalue weighted by molar-refractivity contribution is -0.138. The van der Waals surface area contributed by atoms with E-state index in [-0.39, 0.29) is 17.9 Å². The lowest BCUT2D eigenvalue weighted by Gasteiger charge is -2.61. The Morgan fingerprint density at radius 2 is 1.66 bits per heavy atom. The van der Waals surface area contributed by atoms with Crippen molar-refractivity contribution in [1.82, 2.24) is 14.7 Å². The van der Waals surface area contributed by atoms with Crippen LogP contribution in [0.1, 0.15) is 88.4 Å². The molecule has 6 aliphatic rings. The zero-order valence-electron chi connectivity index (χ0n) is 26.9. The Balaban J connectivity index is 0.905. The summed E-state index contributed by atoms with van der Waals surface area (Å²) in [5.41, 5.74) is 1.64. The maximum Gasteiger partial charge on any atom is 0.254 e. The first-order valence-electron chi connectivity index (χ1n) is 17.8. The second-order valence-electron chi connectivity index (χ2n) is 15.8. The second kappa shape index (κ2) is 11.1. The molecule has 0 spiro atoms. The lowest BCUT2D eigenvalue weighted by Crippen LogP contribution is -2.59. The van der Waals surface area contributed by atoms with Crippen molar-refractivity contribution in [3.63, 3.8) is 0 Å². The standard InChI is InChI=1S/C39H51N3O2/c1-38-18-5-9-33(38)32-16-14-30-13-15-31(26-39(30,2)34(32)17-19-38)40-21-23-41(24-22-40)37(44)35-10-6-20-42(35)36(43)29-12-11-27-7-3-4-8-28(27)25-29/h3-4,7-8,11-12,15,18,25,30-35H,5-6,9-10,13-14,16-17,19-24,26H2,1-2H3/t30?,31-,32+,33+,34+,35+,38+,39+/m1/s1. The molecule has 5 heteroatoms. The van der Waals surface area contributed by atoms with Crippen molar-refractivity contribution in [3.8, 4) is 0 Å². The quantitative estimate of drug-likeness (QED) is 0.384. The molecule has 2 saturated heterocycles. The Hall–Kier alpha value is -2.40. The monoisotopic (exact) mass is 593 g/mol. The van der Waals surface area contributed by atoms with Crippen molar-refractivity contribution in [2.24, 2.45) is 34.5 Å². The molecule has 1 unspecified atom stereocenters. The summed E-state index contributed by atoms with van der Waals surface area (Å²) in [6.45, 7) is 9.36. The van der Waals surface area contributed by atoms with Crippen molar-refractivity contribution in [3.05, 3.63) is 60.9 Å². The van der Waals surface area contributed by atoms with Crippen LogP contribution in [0.2, 0.25) is 0 Å². The predicted molar refractivity (Wildman–Crippen MR) is 176 cm³/mol. The smallest absolute Gasteiger partial charge is 0.254 e. The van der Waals surface area contributed by atoms with Gasteiger partial charge in [0.2, 0.25) is 5.91 Å². The highest BCUT2D eigenvalue weighted by Crippen LogP contribution is 2.66. The Morgan fingerprint density at radius 1 is 0.841 bits per heavy atom. The number of nitrogens with zero attached hydrogens (tertiary/aromatic N) is 3. The van der Waals surface area contributed by atoms with Gasteiger partial charge in [0, 0.05) is 44.3 Å².